The van der Waals surface area contributed by atoms with E-state index in [-0.39, 0.29) is 25.1 Å². The van der Waals surface area contributed by atoms with Gasteiger partial charge in [-0.2, -0.15) is 0 Å². The average Bonchev–Trinajstić information content (AvgIpc) is 3.44. The molecule has 2 N–H and O–H groups in total. The number of quaternary nitrogens is 1. The smallest absolute Gasteiger partial charge is 0.456 e. The molecule has 0 aliphatic rings. The summed E-state index contributed by atoms with van der Waals surface area (Å²) in [5.41, 5.74) is 0. The van der Waals surface area contributed by atoms with Gasteiger partial charge in [-0.1, -0.05) is 314 Å². The van der Waals surface area contributed by atoms with Gasteiger partial charge in [0.1, 0.15) is 19.3 Å². The van der Waals surface area contributed by atoms with E-state index in [0.29, 0.717) is 23.9 Å². The van der Waals surface area contributed by atoms with Gasteiger partial charge in [0.25, 0.3) is 0 Å². The predicted molar refractivity (Wildman–Crippen MR) is 351 cm³/mol. The summed E-state index contributed by atoms with van der Waals surface area (Å²) < 4.78 is 30.8. The Kier molecular flexibility index (Phi) is 60.0. The van der Waals surface area contributed by atoms with Gasteiger partial charge in [-0.15, -0.1) is 0 Å². The minimum absolute atomic E-state index is 0.0436. The first kappa shape index (κ1) is 79.2. The van der Waals surface area contributed by atoms with Gasteiger partial charge in [0.2, 0.25) is 5.91 Å². The van der Waals surface area contributed by atoms with Gasteiger partial charge in [-0.25, -0.2) is 4.57 Å². The number of ether oxygens (including phenoxy) is 1. The third-order valence-electron chi connectivity index (χ3n) is 16.1. The Balaban J connectivity index is 5.06. The van der Waals surface area contributed by atoms with Crippen molar-refractivity contribution >= 4 is 19.7 Å². The lowest BCUT2D eigenvalue weighted by molar-refractivity contribution is -0.870. The van der Waals surface area contributed by atoms with E-state index in [1.165, 1.54) is 257 Å². The number of carbonyl (C=O) groups excluding carboxylic acids is 2. The molecule has 3 unspecified atom stereocenters. The number of likely N-dealkylation sites (N-methyl/N-ethyl adjacent to an activating group) is 1. The van der Waals surface area contributed by atoms with Crippen LogP contribution in [0.1, 0.15) is 355 Å². The first-order valence-electron chi connectivity index (χ1n) is 35.3. The average molecular weight is 1160 g/mol. The number of nitrogens with one attached hydrogen (secondary N) is 1. The number of carbonyl (C=O) groups is 2. The number of esters is 1. The lowest BCUT2D eigenvalue weighted by Crippen LogP contribution is -2.47. The van der Waals surface area contributed by atoms with Crippen molar-refractivity contribution in [3.63, 3.8) is 0 Å². The summed E-state index contributed by atoms with van der Waals surface area (Å²) in [5.74, 6) is -0.484. The van der Waals surface area contributed by atoms with Crippen LogP contribution in [0.15, 0.2) is 36.5 Å². The molecule has 0 aliphatic carbocycles. The van der Waals surface area contributed by atoms with Gasteiger partial charge in [0.15, 0.2) is 0 Å². The lowest BCUT2D eigenvalue weighted by Gasteiger charge is -2.27. The first-order chi connectivity index (χ1) is 39.4. The Morgan fingerprint density at radius 1 is 0.432 bits per heavy atom. The fourth-order valence-electron chi connectivity index (χ4n) is 10.6. The van der Waals surface area contributed by atoms with Crippen molar-refractivity contribution in [2.75, 3.05) is 40.9 Å². The van der Waals surface area contributed by atoms with Crippen LogP contribution in [-0.2, 0) is 27.9 Å². The van der Waals surface area contributed by atoms with Gasteiger partial charge in [0.05, 0.1) is 33.8 Å². The number of hydrogen-bond acceptors (Lipinski definition) is 6. The first-order valence-corrected chi connectivity index (χ1v) is 36.8. The molecule has 81 heavy (non-hydrogen) atoms. The summed E-state index contributed by atoms with van der Waals surface area (Å²) in [6.07, 6.45) is 75.8. The monoisotopic (exact) mass is 1160 g/mol. The number of rotatable bonds is 65. The molecule has 0 aliphatic heterocycles. The highest BCUT2D eigenvalue weighted by atomic mass is 31.2. The Labute approximate surface area is 504 Å². The second-order valence-corrected chi connectivity index (χ2v) is 26.9. The van der Waals surface area contributed by atoms with Crippen LogP contribution in [0.25, 0.3) is 0 Å². The number of allylic oxidation sites excluding steroid dienone is 5. The number of phosphoric acid groups is 1. The van der Waals surface area contributed by atoms with Crippen molar-refractivity contribution in [3.8, 4) is 0 Å². The molecule has 0 bridgehead atoms. The van der Waals surface area contributed by atoms with Crippen LogP contribution >= 0.6 is 7.82 Å². The van der Waals surface area contributed by atoms with E-state index in [0.717, 1.165) is 64.2 Å². The van der Waals surface area contributed by atoms with Crippen LogP contribution in [0.4, 0.5) is 0 Å². The van der Waals surface area contributed by atoms with Crippen molar-refractivity contribution in [2.24, 2.45) is 0 Å². The lowest BCUT2D eigenvalue weighted by atomic mass is 10.0. The predicted octanol–water partition coefficient (Wildman–Crippen LogP) is 22.2. The molecular formula is C71H138N2O7P+. The molecule has 1 amide bonds. The molecule has 9 nitrogen and oxygen atoms in total. The number of hydrogen-bond donors (Lipinski definition) is 2. The Morgan fingerprint density at radius 3 is 1.14 bits per heavy atom. The molecule has 0 aromatic carbocycles. The molecule has 0 saturated carbocycles. The minimum Gasteiger partial charge on any atom is -0.456 e. The van der Waals surface area contributed by atoms with Gasteiger partial charge < -0.3 is 19.4 Å². The third kappa shape index (κ3) is 62.6. The summed E-state index contributed by atoms with van der Waals surface area (Å²) in [6, 6.07) is -0.844. The quantitative estimate of drug-likeness (QED) is 0.0205. The van der Waals surface area contributed by atoms with E-state index in [2.05, 4.69) is 56.5 Å². The third-order valence-corrected chi connectivity index (χ3v) is 17.1. The van der Waals surface area contributed by atoms with Crippen molar-refractivity contribution in [2.45, 2.75) is 367 Å². The molecule has 0 heterocycles. The molecule has 3 atom stereocenters. The number of amides is 1. The Bertz CT molecular complexity index is 1480. The molecule has 478 valence electrons. The van der Waals surface area contributed by atoms with Crippen LogP contribution in [0.2, 0.25) is 0 Å². The number of phosphoric ester groups is 1. The maximum Gasteiger partial charge on any atom is 0.472 e. The van der Waals surface area contributed by atoms with Crippen molar-refractivity contribution < 1.29 is 37.3 Å². The fourth-order valence-corrected chi connectivity index (χ4v) is 11.4. The molecule has 0 fully saturated rings. The maximum absolute atomic E-state index is 13.6. The zero-order valence-electron chi connectivity index (χ0n) is 54.8. The summed E-state index contributed by atoms with van der Waals surface area (Å²) >= 11 is 0. The molecule has 0 aromatic rings. The van der Waals surface area contributed by atoms with Crippen LogP contribution in [0.3, 0.4) is 0 Å². The van der Waals surface area contributed by atoms with E-state index in [4.69, 9.17) is 13.8 Å². The second-order valence-electron chi connectivity index (χ2n) is 25.4. The van der Waals surface area contributed by atoms with E-state index in [9.17, 15) is 19.0 Å². The summed E-state index contributed by atoms with van der Waals surface area (Å²) in [4.78, 5) is 37.9. The van der Waals surface area contributed by atoms with Gasteiger partial charge in [-0.3, -0.25) is 18.6 Å². The molecule has 0 aromatic heterocycles. The SMILES string of the molecule is CCCCC/C=C\C/C=C\CCCCCCCCCCCCCCCCCC(=O)NC(COP(=O)(O)OCC[N+](C)(C)C)C(/C=C\CCCCCCCCCCCCC)OC(=O)CCCCCCCCCCCCCCCCCCC. The molecule has 0 radical (unpaired) electrons. The minimum atomic E-state index is -4.45. The fraction of sp³-hybridized carbons (Fsp3) is 0.887. The normalized spacial score (nSPS) is 13.7. The second kappa shape index (κ2) is 61.3. The van der Waals surface area contributed by atoms with Crippen molar-refractivity contribution in [1.29, 1.82) is 0 Å². The van der Waals surface area contributed by atoms with Gasteiger partial charge in [0, 0.05) is 12.8 Å². The van der Waals surface area contributed by atoms with Crippen molar-refractivity contribution in [3.05, 3.63) is 36.5 Å². The number of unbranched alkanes of at least 4 members (excludes halogenated alkanes) is 45. The zero-order chi connectivity index (χ0) is 59.3. The topological polar surface area (TPSA) is 111 Å². The van der Waals surface area contributed by atoms with E-state index in [1.54, 1.807) is 0 Å². The highest BCUT2D eigenvalue weighted by Gasteiger charge is 2.30. The molecule has 0 rings (SSSR count). The Morgan fingerprint density at radius 2 is 0.753 bits per heavy atom. The summed E-state index contributed by atoms with van der Waals surface area (Å²) in [6.45, 7) is 7.05. The van der Waals surface area contributed by atoms with Gasteiger partial charge in [-0.05, 0) is 63.9 Å². The molecular weight excluding hydrogens is 1020 g/mol. The molecule has 0 saturated heterocycles. The van der Waals surface area contributed by atoms with Crippen molar-refractivity contribution in [1.82, 2.24) is 5.32 Å². The van der Waals surface area contributed by atoms with Gasteiger partial charge >= 0.3 is 13.8 Å². The largest absolute Gasteiger partial charge is 0.472 e. The maximum atomic E-state index is 13.6. The molecule has 0 spiro atoms. The standard InChI is InChI=1S/C71H137N2O7P/c1-7-10-13-16-19-22-25-28-30-32-33-34-35-36-37-38-39-41-42-45-48-51-54-57-60-63-70(74)72-68(67-79-81(76,77)78-66-65-73(4,5)6)69(62-59-56-53-50-47-44-27-24-21-18-15-12-9-3)80-71(75)64-61-58-55-52-49-46-43-40-31-29-26-23-20-17-14-11-8-2/h19,22,28,30,59,62,68-69H,7-18,20-21,23-27,29,31-58,60-61,63-67H2,1-6H3,(H-,72,74,76,77)/p+1/b22-19-,30-28-,62-59-. The summed E-state index contributed by atoms with van der Waals surface area (Å²) in [7, 11) is 1.51. The Hall–Kier alpha value is -1.77. The zero-order valence-corrected chi connectivity index (χ0v) is 55.7. The van der Waals surface area contributed by atoms with E-state index < -0.39 is 20.0 Å². The van der Waals surface area contributed by atoms with Crippen LogP contribution < -0.4 is 5.32 Å². The van der Waals surface area contributed by atoms with E-state index >= 15 is 0 Å². The number of nitrogens with zero attached hydrogens (tertiary/aromatic N) is 1. The summed E-state index contributed by atoms with van der Waals surface area (Å²) in [5, 5.41) is 3.08. The van der Waals surface area contributed by atoms with Crippen LogP contribution in [0, 0.1) is 0 Å². The van der Waals surface area contributed by atoms with Crippen LogP contribution in [0.5, 0.6) is 0 Å². The highest BCUT2D eigenvalue weighted by molar-refractivity contribution is 7.47. The molecule has 10 heteroatoms. The van der Waals surface area contributed by atoms with E-state index in [1.807, 2.05) is 27.2 Å². The highest BCUT2D eigenvalue weighted by Crippen LogP contribution is 2.43. The van der Waals surface area contributed by atoms with Crippen LogP contribution in [-0.4, -0.2) is 74.3 Å².